The van der Waals surface area contributed by atoms with E-state index in [2.05, 4.69) is 0 Å². The van der Waals surface area contributed by atoms with Gasteiger partial charge in [0.25, 0.3) is 0 Å². The van der Waals surface area contributed by atoms with Gasteiger partial charge < -0.3 is 15.3 Å². The third-order valence-corrected chi connectivity index (χ3v) is 1.61. The maximum Gasteiger partial charge on any atom is 1.00 e. The number of hydrogen-bond acceptors (Lipinski definition) is 3. The fourth-order valence-electron chi connectivity index (χ4n) is 1.09. The fourth-order valence-corrected chi connectivity index (χ4v) is 1.09. The van der Waals surface area contributed by atoms with Crippen LogP contribution in [0.2, 0.25) is 0 Å². The SMILES string of the molecule is [K+].[K+].[K+].[O-]Cc1cc(C[O-])cc(C[O-])c1. The van der Waals surface area contributed by atoms with Crippen LogP contribution in [0.25, 0.3) is 0 Å². The molecule has 0 unspecified atom stereocenters. The van der Waals surface area contributed by atoms with E-state index < -0.39 is 0 Å². The Balaban J connectivity index is -0.000000480. The molecule has 0 fully saturated rings. The van der Waals surface area contributed by atoms with E-state index in [1.165, 1.54) is 0 Å². The van der Waals surface area contributed by atoms with Gasteiger partial charge in [0.1, 0.15) is 0 Å². The van der Waals surface area contributed by atoms with E-state index in [9.17, 15) is 15.3 Å². The molecule has 0 heterocycles. The molecule has 0 saturated carbocycles. The van der Waals surface area contributed by atoms with Crippen molar-refractivity contribution >= 4 is 0 Å². The summed E-state index contributed by atoms with van der Waals surface area (Å²) in [5.41, 5.74) is 1.57. The first kappa shape index (κ1) is 24.1. The Bertz CT molecular complexity index is 214. The number of rotatable bonds is 3. The van der Waals surface area contributed by atoms with Gasteiger partial charge in [-0.05, 0) is 0 Å². The van der Waals surface area contributed by atoms with Crippen LogP contribution in [0.1, 0.15) is 16.7 Å². The van der Waals surface area contributed by atoms with E-state index in [1.54, 1.807) is 18.2 Å². The molecule has 3 nitrogen and oxygen atoms in total. The molecule has 15 heavy (non-hydrogen) atoms. The minimum Gasteiger partial charge on any atom is -0.851 e. The molecular weight excluding hydrogens is 273 g/mol. The molecule has 0 aliphatic rings. The molecule has 1 aromatic rings. The van der Waals surface area contributed by atoms with Gasteiger partial charge in [-0.25, -0.2) is 0 Å². The van der Waals surface area contributed by atoms with Gasteiger partial charge >= 0.3 is 154 Å². The molecule has 6 heteroatoms. The summed E-state index contributed by atoms with van der Waals surface area (Å²) in [5.74, 6) is 0. The maximum absolute atomic E-state index is 10.5. The minimum atomic E-state index is -0.374. The van der Waals surface area contributed by atoms with E-state index in [4.69, 9.17) is 0 Å². The predicted molar refractivity (Wildman–Crippen MR) is 37.6 cm³/mol. The topological polar surface area (TPSA) is 69.2 Å². The fraction of sp³-hybridized carbons (Fsp3) is 0.333. The molecule has 1 rings (SSSR count). The van der Waals surface area contributed by atoms with Crippen molar-refractivity contribution in [3.63, 3.8) is 0 Å². The van der Waals surface area contributed by atoms with Crippen LogP contribution in [-0.4, -0.2) is 0 Å². The Morgan fingerprint density at radius 3 is 0.933 bits per heavy atom. The zero-order chi connectivity index (χ0) is 8.97. The Morgan fingerprint density at radius 1 is 0.600 bits per heavy atom. The summed E-state index contributed by atoms with van der Waals surface area (Å²) in [5, 5.41) is 31.4. The van der Waals surface area contributed by atoms with E-state index in [1.807, 2.05) is 0 Å². The van der Waals surface area contributed by atoms with Crippen molar-refractivity contribution in [2.24, 2.45) is 0 Å². The molecule has 0 amide bonds. The summed E-state index contributed by atoms with van der Waals surface area (Å²) in [7, 11) is 0. The van der Waals surface area contributed by atoms with Crippen LogP contribution in [-0.2, 0) is 19.8 Å². The van der Waals surface area contributed by atoms with Crippen molar-refractivity contribution < 1.29 is 169 Å². The molecule has 66 valence electrons. The van der Waals surface area contributed by atoms with Gasteiger partial charge in [-0.2, -0.15) is 0 Å². The zero-order valence-electron chi connectivity index (χ0n) is 9.58. The van der Waals surface area contributed by atoms with Gasteiger partial charge in [-0.1, -0.05) is 34.9 Å². The Kier molecular flexibility index (Phi) is 23.1. The second-order valence-electron chi connectivity index (χ2n) is 2.59. The standard InChI is InChI=1S/C9H9O3.3K/c10-4-7-1-8(5-11)3-9(2-7)6-12;;;/h1-3H,4-6H2;;;/q-3;3*+1. The third-order valence-electron chi connectivity index (χ3n) is 1.61. The van der Waals surface area contributed by atoms with Crippen molar-refractivity contribution in [1.29, 1.82) is 0 Å². The summed E-state index contributed by atoms with van der Waals surface area (Å²) in [6.45, 7) is -1.12. The van der Waals surface area contributed by atoms with Crippen LogP contribution in [0.3, 0.4) is 0 Å². The average molecular weight is 282 g/mol. The van der Waals surface area contributed by atoms with Crippen molar-refractivity contribution in [2.75, 3.05) is 0 Å². The van der Waals surface area contributed by atoms with Crippen molar-refractivity contribution in [1.82, 2.24) is 0 Å². The molecule has 0 atom stereocenters. The first-order chi connectivity index (χ1) is 5.80. The Hall–Kier alpha value is 4.01. The van der Waals surface area contributed by atoms with Crippen molar-refractivity contribution in [3.8, 4) is 0 Å². The largest absolute Gasteiger partial charge is 1.00 e. The second kappa shape index (κ2) is 14.4. The smallest absolute Gasteiger partial charge is 0.851 e. The third kappa shape index (κ3) is 9.53. The van der Waals surface area contributed by atoms with Crippen LogP contribution in [0.15, 0.2) is 18.2 Å². The number of hydrogen-bond donors (Lipinski definition) is 0. The summed E-state index contributed by atoms with van der Waals surface area (Å²) in [4.78, 5) is 0. The zero-order valence-corrected chi connectivity index (χ0v) is 18.9. The summed E-state index contributed by atoms with van der Waals surface area (Å²) in [6, 6.07) is 4.66. The molecule has 0 radical (unpaired) electrons. The van der Waals surface area contributed by atoms with Gasteiger partial charge in [-0.15, -0.1) is 19.8 Å². The van der Waals surface area contributed by atoms with Gasteiger partial charge in [0, 0.05) is 0 Å². The Labute approximate surface area is 218 Å². The molecule has 0 spiro atoms. The normalized spacial score (nSPS) is 8.20. The van der Waals surface area contributed by atoms with Crippen LogP contribution >= 0.6 is 0 Å². The van der Waals surface area contributed by atoms with Crippen molar-refractivity contribution in [3.05, 3.63) is 34.9 Å². The summed E-state index contributed by atoms with van der Waals surface area (Å²) < 4.78 is 0. The molecule has 0 aliphatic carbocycles. The summed E-state index contributed by atoms with van der Waals surface area (Å²) >= 11 is 0. The molecule has 0 N–H and O–H groups in total. The predicted octanol–water partition coefficient (Wildman–Crippen LogP) is -10.7. The van der Waals surface area contributed by atoms with Gasteiger partial charge in [0.05, 0.1) is 0 Å². The van der Waals surface area contributed by atoms with E-state index in [0.29, 0.717) is 16.7 Å². The molecule has 0 bridgehead atoms. The van der Waals surface area contributed by atoms with Gasteiger partial charge in [-0.3, -0.25) is 0 Å². The number of benzene rings is 1. The second-order valence-corrected chi connectivity index (χ2v) is 2.59. The maximum atomic E-state index is 10.5. The van der Waals surface area contributed by atoms with Crippen LogP contribution < -0.4 is 169 Å². The first-order valence-corrected chi connectivity index (χ1v) is 3.66. The Morgan fingerprint density at radius 2 is 0.800 bits per heavy atom. The molecule has 1 aromatic carbocycles. The molecular formula is C9H9K3O3. The van der Waals surface area contributed by atoms with E-state index in [-0.39, 0.29) is 174 Å². The minimum absolute atomic E-state index is 0. The molecule has 0 aromatic heterocycles. The van der Waals surface area contributed by atoms with Crippen LogP contribution in [0, 0.1) is 0 Å². The quantitative estimate of drug-likeness (QED) is 0.517. The molecule has 0 aliphatic heterocycles. The van der Waals surface area contributed by atoms with Gasteiger partial charge in [0.2, 0.25) is 0 Å². The first-order valence-electron chi connectivity index (χ1n) is 3.66. The van der Waals surface area contributed by atoms with E-state index in [0.717, 1.165) is 0 Å². The average Bonchev–Trinajstić information content (AvgIpc) is 2.16. The van der Waals surface area contributed by atoms with Crippen LogP contribution in [0.4, 0.5) is 0 Å². The van der Waals surface area contributed by atoms with E-state index >= 15 is 0 Å². The summed E-state index contributed by atoms with van der Waals surface area (Å²) in [6.07, 6.45) is 0. The molecule has 0 saturated heterocycles. The van der Waals surface area contributed by atoms with Crippen molar-refractivity contribution in [2.45, 2.75) is 19.8 Å². The van der Waals surface area contributed by atoms with Gasteiger partial charge in [0.15, 0.2) is 0 Å². The van der Waals surface area contributed by atoms with Crippen LogP contribution in [0.5, 0.6) is 0 Å². The monoisotopic (exact) mass is 282 g/mol.